The zero-order chi connectivity index (χ0) is 21.1. The maximum atomic E-state index is 13.0. The standard InChI is InChI=1S/C23H32ClN3O3/c24-18-7-8-21(28)19(14-18)25-23(30)17-9-12-26(13-10-17)15-22(29)27-11-3-5-16-4-1-2-6-20(16)27/h7-8,14,16-17,20,28H,1-6,9-13,15H2,(H,25,30). The van der Waals surface area contributed by atoms with Gasteiger partial charge in [-0.25, -0.2) is 0 Å². The van der Waals surface area contributed by atoms with E-state index in [0.717, 1.165) is 32.5 Å². The van der Waals surface area contributed by atoms with Crippen LogP contribution in [0.2, 0.25) is 5.02 Å². The summed E-state index contributed by atoms with van der Waals surface area (Å²) in [6.07, 6.45) is 8.83. The number of hydrogen-bond donors (Lipinski definition) is 2. The number of rotatable bonds is 4. The topological polar surface area (TPSA) is 72.9 Å². The Kier molecular flexibility index (Phi) is 6.84. The minimum Gasteiger partial charge on any atom is -0.506 e. The van der Waals surface area contributed by atoms with Crippen molar-refractivity contribution in [3.05, 3.63) is 23.2 Å². The van der Waals surface area contributed by atoms with Crippen molar-refractivity contribution in [2.75, 3.05) is 31.5 Å². The van der Waals surface area contributed by atoms with Gasteiger partial charge in [0.15, 0.2) is 0 Å². The number of nitrogens with one attached hydrogen (secondary N) is 1. The molecule has 3 aliphatic rings. The Morgan fingerprint density at radius 3 is 2.57 bits per heavy atom. The second-order valence-electron chi connectivity index (χ2n) is 9.04. The molecule has 3 fully saturated rings. The molecule has 164 valence electrons. The van der Waals surface area contributed by atoms with Crippen LogP contribution in [0.1, 0.15) is 51.4 Å². The lowest BCUT2D eigenvalue weighted by atomic mass is 9.78. The van der Waals surface area contributed by atoms with Crippen LogP contribution in [0.5, 0.6) is 5.75 Å². The second-order valence-corrected chi connectivity index (χ2v) is 9.48. The first-order valence-corrected chi connectivity index (χ1v) is 11.7. The molecule has 2 heterocycles. The SMILES string of the molecule is O=C(Nc1cc(Cl)ccc1O)C1CCN(CC(=O)N2CCCC3CCCCC32)CC1. The molecular formula is C23H32ClN3O3. The van der Waals surface area contributed by atoms with Gasteiger partial charge in [0.1, 0.15) is 5.75 Å². The third-order valence-corrected chi connectivity index (χ3v) is 7.33. The number of phenols is 1. The van der Waals surface area contributed by atoms with Crippen LogP contribution in [0.15, 0.2) is 18.2 Å². The third kappa shape index (κ3) is 4.92. The first-order chi connectivity index (χ1) is 14.5. The summed E-state index contributed by atoms with van der Waals surface area (Å²) in [4.78, 5) is 30.0. The lowest BCUT2D eigenvalue weighted by molar-refractivity contribution is -0.139. The van der Waals surface area contributed by atoms with Crippen molar-refractivity contribution in [2.24, 2.45) is 11.8 Å². The smallest absolute Gasteiger partial charge is 0.237 e. The minimum atomic E-state index is -0.118. The molecule has 2 unspecified atom stereocenters. The van der Waals surface area contributed by atoms with Gasteiger partial charge in [0.05, 0.1) is 12.2 Å². The second kappa shape index (κ2) is 9.56. The molecule has 30 heavy (non-hydrogen) atoms. The molecule has 6 nitrogen and oxygen atoms in total. The molecule has 2 saturated heterocycles. The summed E-state index contributed by atoms with van der Waals surface area (Å²) in [5.74, 6) is 0.762. The molecule has 4 rings (SSSR count). The van der Waals surface area contributed by atoms with E-state index in [1.165, 1.54) is 31.7 Å². The molecule has 1 aromatic carbocycles. The molecule has 0 spiro atoms. The van der Waals surface area contributed by atoms with Crippen molar-refractivity contribution >= 4 is 29.1 Å². The Bertz CT molecular complexity index is 777. The van der Waals surface area contributed by atoms with Gasteiger partial charge in [0.25, 0.3) is 0 Å². The molecule has 7 heteroatoms. The summed E-state index contributed by atoms with van der Waals surface area (Å²) >= 11 is 5.96. The van der Waals surface area contributed by atoms with E-state index in [4.69, 9.17) is 11.6 Å². The summed E-state index contributed by atoms with van der Waals surface area (Å²) in [5, 5.41) is 13.2. The van der Waals surface area contributed by atoms with Crippen molar-refractivity contribution in [3.63, 3.8) is 0 Å². The number of nitrogens with zero attached hydrogens (tertiary/aromatic N) is 2. The fourth-order valence-electron chi connectivity index (χ4n) is 5.41. The zero-order valence-electron chi connectivity index (χ0n) is 17.5. The van der Waals surface area contributed by atoms with Crippen molar-refractivity contribution in [3.8, 4) is 5.75 Å². The van der Waals surface area contributed by atoms with E-state index in [1.54, 1.807) is 12.1 Å². The highest BCUT2D eigenvalue weighted by Crippen LogP contribution is 2.35. The molecule has 1 saturated carbocycles. The molecule has 2 aliphatic heterocycles. The molecule has 2 N–H and O–H groups in total. The average molecular weight is 434 g/mol. The van der Waals surface area contributed by atoms with Gasteiger partial charge in [-0.2, -0.15) is 0 Å². The number of benzene rings is 1. The normalized spacial score (nSPS) is 25.6. The fraction of sp³-hybridized carbons (Fsp3) is 0.652. The number of aromatic hydroxyl groups is 1. The molecular weight excluding hydrogens is 402 g/mol. The fourth-order valence-corrected chi connectivity index (χ4v) is 5.59. The molecule has 1 aromatic rings. The summed E-state index contributed by atoms with van der Waals surface area (Å²) in [5.41, 5.74) is 0.345. The minimum absolute atomic E-state index is 0.0123. The first-order valence-electron chi connectivity index (χ1n) is 11.3. The van der Waals surface area contributed by atoms with E-state index < -0.39 is 0 Å². The van der Waals surface area contributed by atoms with E-state index in [-0.39, 0.29) is 23.5 Å². The number of hydrogen-bond acceptors (Lipinski definition) is 4. The number of anilines is 1. The van der Waals surface area contributed by atoms with E-state index in [1.807, 2.05) is 0 Å². The van der Waals surface area contributed by atoms with Crippen LogP contribution in [0, 0.1) is 11.8 Å². The van der Waals surface area contributed by atoms with Crippen LogP contribution < -0.4 is 5.32 Å². The zero-order valence-corrected chi connectivity index (χ0v) is 18.2. The summed E-state index contributed by atoms with van der Waals surface area (Å²) < 4.78 is 0. The predicted octanol–water partition coefficient (Wildman–Crippen LogP) is 3.88. The third-order valence-electron chi connectivity index (χ3n) is 7.10. The van der Waals surface area contributed by atoms with Crippen LogP contribution in [0.4, 0.5) is 5.69 Å². The van der Waals surface area contributed by atoms with E-state index in [2.05, 4.69) is 15.1 Å². The number of phenolic OH excluding ortho intramolecular Hbond substituents is 1. The van der Waals surface area contributed by atoms with Crippen LogP contribution in [-0.4, -0.2) is 58.9 Å². The van der Waals surface area contributed by atoms with Crippen molar-refractivity contribution < 1.29 is 14.7 Å². The van der Waals surface area contributed by atoms with Gasteiger partial charge in [-0.05, 0) is 75.7 Å². The number of likely N-dealkylation sites (tertiary alicyclic amines) is 2. The quantitative estimate of drug-likeness (QED) is 0.707. The largest absolute Gasteiger partial charge is 0.506 e. The maximum Gasteiger partial charge on any atom is 0.237 e. The summed E-state index contributed by atoms with van der Waals surface area (Å²) in [7, 11) is 0. The van der Waals surface area contributed by atoms with Crippen LogP contribution in [-0.2, 0) is 9.59 Å². The van der Waals surface area contributed by atoms with Gasteiger partial charge in [0.2, 0.25) is 11.8 Å². The van der Waals surface area contributed by atoms with Crippen molar-refractivity contribution in [2.45, 2.75) is 57.4 Å². The number of carbonyl (C=O) groups excluding carboxylic acids is 2. The Labute approximate surface area is 183 Å². The molecule has 2 atom stereocenters. The Morgan fingerprint density at radius 1 is 1.03 bits per heavy atom. The van der Waals surface area contributed by atoms with Crippen molar-refractivity contribution in [1.82, 2.24) is 9.80 Å². The van der Waals surface area contributed by atoms with Crippen LogP contribution >= 0.6 is 11.6 Å². The summed E-state index contributed by atoms with van der Waals surface area (Å²) in [6.45, 7) is 2.86. The van der Waals surface area contributed by atoms with Crippen LogP contribution in [0.25, 0.3) is 0 Å². The Morgan fingerprint density at radius 2 is 1.77 bits per heavy atom. The first kappa shape index (κ1) is 21.4. The molecule has 2 amide bonds. The van der Waals surface area contributed by atoms with Gasteiger partial charge >= 0.3 is 0 Å². The highest BCUT2D eigenvalue weighted by atomic mass is 35.5. The maximum absolute atomic E-state index is 13.0. The molecule has 0 aromatic heterocycles. The Hall–Kier alpha value is -1.79. The number of halogens is 1. The van der Waals surface area contributed by atoms with E-state index in [9.17, 15) is 14.7 Å². The Balaban J connectivity index is 1.26. The number of piperidine rings is 2. The highest BCUT2D eigenvalue weighted by molar-refractivity contribution is 6.31. The van der Waals surface area contributed by atoms with Gasteiger partial charge in [-0.15, -0.1) is 0 Å². The van der Waals surface area contributed by atoms with Gasteiger partial charge in [0, 0.05) is 23.5 Å². The van der Waals surface area contributed by atoms with Gasteiger partial charge < -0.3 is 15.3 Å². The van der Waals surface area contributed by atoms with Crippen LogP contribution in [0.3, 0.4) is 0 Å². The highest BCUT2D eigenvalue weighted by Gasteiger charge is 2.36. The predicted molar refractivity (Wildman–Crippen MR) is 118 cm³/mol. The van der Waals surface area contributed by atoms with Crippen molar-refractivity contribution in [1.29, 1.82) is 0 Å². The lowest BCUT2D eigenvalue weighted by Crippen LogP contribution is -2.53. The van der Waals surface area contributed by atoms with Gasteiger partial charge in [-0.1, -0.05) is 24.4 Å². The molecule has 0 bridgehead atoms. The lowest BCUT2D eigenvalue weighted by Gasteiger charge is -2.45. The number of amides is 2. The van der Waals surface area contributed by atoms with Gasteiger partial charge in [-0.3, -0.25) is 14.5 Å². The molecule has 0 radical (unpaired) electrons. The molecule has 1 aliphatic carbocycles. The monoisotopic (exact) mass is 433 g/mol. The number of carbonyl (C=O) groups is 2. The summed E-state index contributed by atoms with van der Waals surface area (Å²) in [6, 6.07) is 5.07. The average Bonchev–Trinajstić information content (AvgIpc) is 2.76. The van der Waals surface area contributed by atoms with E-state index in [0.29, 0.717) is 42.1 Å². The van der Waals surface area contributed by atoms with E-state index >= 15 is 0 Å². The number of fused-ring (bicyclic) bond motifs is 1.